The highest BCUT2D eigenvalue weighted by atomic mass is 16.5. The number of methoxy groups -OCH3 is 2. The van der Waals surface area contributed by atoms with E-state index in [2.05, 4.69) is 11.4 Å². The Balaban J connectivity index is 1.74. The van der Waals surface area contributed by atoms with Gasteiger partial charge in [-0.2, -0.15) is 0 Å². The van der Waals surface area contributed by atoms with Gasteiger partial charge in [0.15, 0.2) is 17.6 Å². The van der Waals surface area contributed by atoms with Gasteiger partial charge in [-0.3, -0.25) is 4.79 Å². The number of nitrogens with one attached hydrogen (secondary N) is 1. The summed E-state index contributed by atoms with van der Waals surface area (Å²) in [6.45, 7) is 3.98. The van der Waals surface area contributed by atoms with Crippen molar-refractivity contribution >= 4 is 16.7 Å². The number of carbonyl (C=O) groups excluding carboxylic acids is 1. The largest absolute Gasteiger partial charge is 0.493 e. The Labute approximate surface area is 178 Å². The molecule has 158 valence electrons. The normalized spacial score (nSPS) is 12.8. The van der Waals surface area contributed by atoms with E-state index in [1.54, 1.807) is 14.2 Å². The molecule has 3 aromatic rings. The molecule has 0 spiro atoms. The van der Waals surface area contributed by atoms with Crippen LogP contribution in [0.1, 0.15) is 38.3 Å². The summed E-state index contributed by atoms with van der Waals surface area (Å²) in [5.74, 6) is 1.86. The first kappa shape index (κ1) is 21.5. The van der Waals surface area contributed by atoms with Gasteiger partial charge in [0.05, 0.1) is 20.3 Å². The Bertz CT molecular complexity index is 1000. The monoisotopic (exact) mass is 407 g/mol. The molecule has 0 aliphatic rings. The van der Waals surface area contributed by atoms with Crippen LogP contribution < -0.4 is 19.5 Å². The maximum absolute atomic E-state index is 13.0. The molecule has 5 heteroatoms. The zero-order chi connectivity index (χ0) is 21.5. The highest BCUT2D eigenvalue weighted by Gasteiger charge is 2.22. The van der Waals surface area contributed by atoms with Crippen molar-refractivity contribution in [3.05, 3.63) is 66.2 Å². The Morgan fingerprint density at radius 2 is 1.60 bits per heavy atom. The first-order valence-electron chi connectivity index (χ1n) is 10.3. The Kier molecular flexibility index (Phi) is 7.17. The maximum Gasteiger partial charge on any atom is 0.261 e. The van der Waals surface area contributed by atoms with E-state index in [9.17, 15) is 4.79 Å². The van der Waals surface area contributed by atoms with Gasteiger partial charge in [0.2, 0.25) is 0 Å². The Hall–Kier alpha value is -3.21. The third-order valence-electron chi connectivity index (χ3n) is 5.20. The first-order chi connectivity index (χ1) is 14.6. The molecule has 0 saturated carbocycles. The average molecular weight is 408 g/mol. The van der Waals surface area contributed by atoms with E-state index in [-0.39, 0.29) is 11.9 Å². The molecule has 3 aromatic carbocycles. The second-order valence-corrected chi connectivity index (χ2v) is 7.11. The first-order valence-corrected chi connectivity index (χ1v) is 10.3. The van der Waals surface area contributed by atoms with Crippen LogP contribution in [0.4, 0.5) is 0 Å². The summed E-state index contributed by atoms with van der Waals surface area (Å²) in [7, 11) is 3.21. The summed E-state index contributed by atoms with van der Waals surface area (Å²) in [4.78, 5) is 13.0. The van der Waals surface area contributed by atoms with Crippen LogP contribution in [0, 0.1) is 0 Å². The van der Waals surface area contributed by atoms with Crippen molar-refractivity contribution in [3.63, 3.8) is 0 Å². The molecule has 0 heterocycles. The molecule has 0 unspecified atom stereocenters. The van der Waals surface area contributed by atoms with Crippen LogP contribution in [0.3, 0.4) is 0 Å². The topological polar surface area (TPSA) is 56.8 Å². The van der Waals surface area contributed by atoms with Gasteiger partial charge >= 0.3 is 0 Å². The second kappa shape index (κ2) is 10.0. The molecule has 0 saturated heterocycles. The lowest BCUT2D eigenvalue weighted by molar-refractivity contribution is -0.128. The van der Waals surface area contributed by atoms with Crippen molar-refractivity contribution in [2.45, 2.75) is 38.8 Å². The van der Waals surface area contributed by atoms with Gasteiger partial charge in [-0.25, -0.2) is 0 Å². The van der Waals surface area contributed by atoms with E-state index in [4.69, 9.17) is 14.2 Å². The predicted molar refractivity (Wildman–Crippen MR) is 119 cm³/mol. The second-order valence-electron chi connectivity index (χ2n) is 7.11. The highest BCUT2D eigenvalue weighted by Crippen LogP contribution is 2.31. The molecule has 0 aliphatic heterocycles. The fourth-order valence-corrected chi connectivity index (χ4v) is 3.48. The van der Waals surface area contributed by atoms with Crippen LogP contribution in [0.15, 0.2) is 60.7 Å². The molecule has 5 nitrogen and oxygen atoms in total. The molecular formula is C25H29NO4. The quantitative estimate of drug-likeness (QED) is 0.524. The summed E-state index contributed by atoms with van der Waals surface area (Å²) in [5, 5.41) is 5.35. The molecule has 1 amide bonds. The summed E-state index contributed by atoms with van der Waals surface area (Å²) >= 11 is 0. The SMILES string of the molecule is CC[C@@H](Oc1ccc2ccccc2c1)C(=O)N[C@H](CC)c1ccc(OC)c(OC)c1. The van der Waals surface area contributed by atoms with E-state index in [1.165, 1.54) is 0 Å². The van der Waals surface area contributed by atoms with Gasteiger partial charge in [-0.15, -0.1) is 0 Å². The van der Waals surface area contributed by atoms with Crippen LogP contribution in [0.5, 0.6) is 17.2 Å². The molecule has 2 atom stereocenters. The van der Waals surface area contributed by atoms with Gasteiger partial charge in [-0.1, -0.05) is 50.2 Å². The third-order valence-corrected chi connectivity index (χ3v) is 5.20. The van der Waals surface area contributed by atoms with Crippen molar-refractivity contribution in [2.24, 2.45) is 0 Å². The zero-order valence-electron chi connectivity index (χ0n) is 18.0. The number of rotatable bonds is 9. The number of hydrogen-bond donors (Lipinski definition) is 1. The van der Waals surface area contributed by atoms with E-state index >= 15 is 0 Å². The van der Waals surface area contributed by atoms with Crippen molar-refractivity contribution in [2.75, 3.05) is 14.2 Å². The zero-order valence-corrected chi connectivity index (χ0v) is 18.0. The molecule has 0 aromatic heterocycles. The third kappa shape index (κ3) is 4.85. The lowest BCUT2D eigenvalue weighted by Crippen LogP contribution is -2.39. The van der Waals surface area contributed by atoms with Crippen LogP contribution in [0.2, 0.25) is 0 Å². The molecule has 0 radical (unpaired) electrons. The van der Waals surface area contributed by atoms with Crippen LogP contribution in [-0.2, 0) is 4.79 Å². The van der Waals surface area contributed by atoms with Crippen molar-refractivity contribution in [1.29, 1.82) is 0 Å². The fraction of sp³-hybridized carbons (Fsp3) is 0.320. The molecule has 1 N–H and O–H groups in total. The Morgan fingerprint density at radius 3 is 2.27 bits per heavy atom. The van der Waals surface area contributed by atoms with E-state index < -0.39 is 6.10 Å². The van der Waals surface area contributed by atoms with Gasteiger partial charge in [-0.05, 0) is 53.4 Å². The standard InChI is InChI=1S/C25H29NO4/c1-5-21(19-12-14-23(28-3)24(16-19)29-4)26-25(27)22(6-2)30-20-13-11-17-9-7-8-10-18(17)15-20/h7-16,21-22H,5-6H2,1-4H3,(H,26,27)/t21-,22-/m1/s1. The minimum absolute atomic E-state index is 0.132. The number of amides is 1. The van der Waals surface area contributed by atoms with Crippen molar-refractivity contribution in [3.8, 4) is 17.2 Å². The molecule has 3 rings (SSSR count). The number of fused-ring (bicyclic) bond motifs is 1. The maximum atomic E-state index is 13.0. The number of ether oxygens (including phenoxy) is 3. The molecule has 0 bridgehead atoms. The summed E-state index contributed by atoms with van der Waals surface area (Å²) in [6.07, 6.45) is 0.745. The van der Waals surface area contributed by atoms with Gasteiger partial charge < -0.3 is 19.5 Å². The van der Waals surface area contributed by atoms with E-state index in [1.807, 2.05) is 68.4 Å². The lowest BCUT2D eigenvalue weighted by Gasteiger charge is -2.23. The van der Waals surface area contributed by atoms with Gasteiger partial charge in [0, 0.05) is 0 Å². The number of benzene rings is 3. The van der Waals surface area contributed by atoms with Crippen LogP contribution in [-0.4, -0.2) is 26.2 Å². The Morgan fingerprint density at radius 1 is 0.867 bits per heavy atom. The van der Waals surface area contributed by atoms with E-state index in [0.717, 1.165) is 22.8 Å². The highest BCUT2D eigenvalue weighted by molar-refractivity contribution is 5.84. The smallest absolute Gasteiger partial charge is 0.261 e. The molecule has 0 fully saturated rings. The lowest BCUT2D eigenvalue weighted by atomic mass is 10.0. The van der Waals surface area contributed by atoms with Gasteiger partial charge in [0.25, 0.3) is 5.91 Å². The minimum Gasteiger partial charge on any atom is -0.493 e. The minimum atomic E-state index is -0.569. The average Bonchev–Trinajstić information content (AvgIpc) is 2.80. The van der Waals surface area contributed by atoms with Crippen molar-refractivity contribution < 1.29 is 19.0 Å². The van der Waals surface area contributed by atoms with E-state index in [0.29, 0.717) is 23.7 Å². The molecule has 0 aliphatic carbocycles. The van der Waals surface area contributed by atoms with Crippen molar-refractivity contribution in [1.82, 2.24) is 5.32 Å². The molecular weight excluding hydrogens is 378 g/mol. The fourth-order valence-electron chi connectivity index (χ4n) is 3.48. The molecule has 30 heavy (non-hydrogen) atoms. The summed E-state index contributed by atoms with van der Waals surface area (Å²) in [5.41, 5.74) is 0.962. The summed E-state index contributed by atoms with van der Waals surface area (Å²) in [6, 6.07) is 19.5. The summed E-state index contributed by atoms with van der Waals surface area (Å²) < 4.78 is 16.7. The predicted octanol–water partition coefficient (Wildman–Crippen LogP) is 5.28. The van der Waals surface area contributed by atoms with Crippen LogP contribution in [0.25, 0.3) is 10.8 Å². The van der Waals surface area contributed by atoms with Crippen LogP contribution >= 0.6 is 0 Å². The van der Waals surface area contributed by atoms with Gasteiger partial charge in [0.1, 0.15) is 5.75 Å². The number of carbonyl (C=O) groups is 1. The number of hydrogen-bond acceptors (Lipinski definition) is 4.